The molecular weight excluding hydrogens is 639 g/mol. The van der Waals surface area contributed by atoms with Crippen LogP contribution in [0.3, 0.4) is 0 Å². The molecule has 46 heavy (non-hydrogen) atoms. The minimum absolute atomic E-state index is 0.0443. The Balaban J connectivity index is 1.33. The van der Waals surface area contributed by atoms with Crippen LogP contribution in [0.1, 0.15) is 29.2 Å². The van der Waals surface area contributed by atoms with Crippen LogP contribution in [-0.4, -0.2) is 67.5 Å². The fraction of sp³-hybridized carbons (Fsp3) is 0.257. The second-order valence-corrected chi connectivity index (χ2v) is 14.1. The number of halogens is 2. The maximum absolute atomic E-state index is 15.2. The number of hydrogen-bond donors (Lipinski definition) is 1. The largest absolute Gasteiger partial charge is 0.361 e. The highest BCUT2D eigenvalue weighted by Crippen LogP contribution is 2.55. The van der Waals surface area contributed by atoms with Gasteiger partial charge < -0.3 is 19.7 Å². The van der Waals surface area contributed by atoms with E-state index >= 15 is 4.79 Å². The number of benzene rings is 3. The first-order valence-corrected chi connectivity index (χ1v) is 16.7. The number of nitrogens with zero attached hydrogens (tertiary/aromatic N) is 5. The summed E-state index contributed by atoms with van der Waals surface area (Å²) in [6, 6.07) is 20.8. The van der Waals surface area contributed by atoms with Gasteiger partial charge in [-0.05, 0) is 48.9 Å². The Morgan fingerprint density at radius 2 is 1.72 bits per heavy atom. The van der Waals surface area contributed by atoms with Gasteiger partial charge in [0.05, 0.1) is 18.7 Å². The van der Waals surface area contributed by atoms with Crippen LogP contribution < -0.4 is 4.90 Å². The molecule has 234 valence electrons. The van der Waals surface area contributed by atoms with Gasteiger partial charge in [0.15, 0.2) is 0 Å². The summed E-state index contributed by atoms with van der Waals surface area (Å²) in [5.41, 5.74) is 3.80. The summed E-state index contributed by atoms with van der Waals surface area (Å²) in [4.78, 5) is 48.4. The van der Waals surface area contributed by atoms with Crippen molar-refractivity contribution in [2.24, 2.45) is 0 Å². The lowest BCUT2D eigenvalue weighted by Gasteiger charge is -2.42. The zero-order chi connectivity index (χ0) is 31.8. The van der Waals surface area contributed by atoms with E-state index < -0.39 is 10.8 Å². The number of nitrogens with one attached hydrogen (secondary N) is 1. The number of fused-ring (bicyclic) bond motifs is 1. The zero-order valence-electron chi connectivity index (χ0n) is 25.2. The van der Waals surface area contributed by atoms with E-state index in [-0.39, 0.29) is 18.2 Å². The van der Waals surface area contributed by atoms with E-state index in [1.807, 2.05) is 89.7 Å². The fourth-order valence-corrected chi connectivity index (χ4v) is 8.33. The summed E-state index contributed by atoms with van der Waals surface area (Å²) in [5, 5.41) is 2.17. The molecule has 3 aromatic carbocycles. The first kappa shape index (κ1) is 30.6. The molecule has 8 nitrogen and oxygen atoms in total. The van der Waals surface area contributed by atoms with Crippen molar-refractivity contribution in [3.8, 4) is 0 Å². The Labute approximate surface area is 281 Å². The van der Waals surface area contributed by atoms with Crippen LogP contribution >= 0.6 is 35.0 Å². The first-order chi connectivity index (χ1) is 22.3. The molecule has 2 aromatic heterocycles. The molecule has 2 saturated heterocycles. The third-order valence-corrected chi connectivity index (χ3v) is 10.7. The standard InChI is InChI=1S/C35H32Cl2N6O2S/c1-23-2-9-27(10-3-23)46-35(34(45)42-16-14-41(15-17-42)31-21-38-12-13-39-31)19-32(44)43(22-24-4-6-25(36)7-5-24)33(35)29-20-40-30-18-26(37)8-11-28(29)30/h2-13,18,20-21,33,40H,14-17,19,22H2,1H3. The molecule has 1 N–H and O–H groups in total. The second kappa shape index (κ2) is 12.6. The van der Waals surface area contributed by atoms with Crippen molar-refractivity contribution in [3.63, 3.8) is 0 Å². The number of H-pyrrole nitrogens is 1. The van der Waals surface area contributed by atoms with Crippen LogP contribution in [-0.2, 0) is 16.1 Å². The van der Waals surface area contributed by atoms with Crippen molar-refractivity contribution in [3.05, 3.63) is 118 Å². The molecule has 7 rings (SSSR count). The lowest BCUT2D eigenvalue weighted by molar-refractivity contribution is -0.135. The number of aryl methyl sites for hydroxylation is 1. The van der Waals surface area contributed by atoms with E-state index in [4.69, 9.17) is 23.2 Å². The second-order valence-electron chi connectivity index (χ2n) is 11.8. The number of thioether (sulfide) groups is 1. The van der Waals surface area contributed by atoms with E-state index in [2.05, 4.69) is 19.9 Å². The average Bonchev–Trinajstić information content (AvgIpc) is 3.60. The maximum atomic E-state index is 15.2. The molecule has 0 bridgehead atoms. The normalized spacial score (nSPS) is 20.1. The molecule has 11 heteroatoms. The Kier molecular flexibility index (Phi) is 8.40. The number of likely N-dealkylation sites (tertiary alicyclic amines) is 1. The van der Waals surface area contributed by atoms with E-state index in [1.165, 1.54) is 11.8 Å². The van der Waals surface area contributed by atoms with Gasteiger partial charge in [0.2, 0.25) is 11.8 Å². The van der Waals surface area contributed by atoms with Crippen molar-refractivity contribution < 1.29 is 9.59 Å². The molecule has 2 aliphatic heterocycles. The quantitative estimate of drug-likeness (QED) is 0.202. The van der Waals surface area contributed by atoms with Crippen LogP contribution in [0.15, 0.2) is 96.4 Å². The molecule has 4 heterocycles. The molecule has 2 amide bonds. The lowest BCUT2D eigenvalue weighted by Crippen LogP contribution is -2.56. The smallest absolute Gasteiger partial charge is 0.242 e. The molecule has 2 atom stereocenters. The van der Waals surface area contributed by atoms with Crippen LogP contribution in [0.5, 0.6) is 0 Å². The summed E-state index contributed by atoms with van der Waals surface area (Å²) >= 11 is 14.1. The van der Waals surface area contributed by atoms with Crippen molar-refractivity contribution in [1.29, 1.82) is 0 Å². The van der Waals surface area contributed by atoms with E-state index in [0.29, 0.717) is 42.8 Å². The molecule has 0 saturated carbocycles. The number of carbonyl (C=O) groups is 2. The molecule has 2 aliphatic rings. The number of aromatic amines is 1. The number of rotatable bonds is 7. The number of amides is 2. The topological polar surface area (TPSA) is 85.4 Å². The van der Waals surface area contributed by atoms with Gasteiger partial charge in [-0.15, -0.1) is 11.8 Å². The van der Waals surface area contributed by atoms with Crippen LogP contribution in [0.4, 0.5) is 5.82 Å². The third kappa shape index (κ3) is 5.83. The van der Waals surface area contributed by atoms with Gasteiger partial charge >= 0.3 is 0 Å². The Hall–Kier alpha value is -4.05. The van der Waals surface area contributed by atoms with Crippen molar-refractivity contribution >= 4 is 63.5 Å². The van der Waals surface area contributed by atoms with E-state index in [0.717, 1.165) is 38.3 Å². The monoisotopic (exact) mass is 670 g/mol. The van der Waals surface area contributed by atoms with Gasteiger partial charge in [-0.2, -0.15) is 0 Å². The molecule has 0 aliphatic carbocycles. The van der Waals surface area contributed by atoms with E-state index in [9.17, 15) is 4.79 Å². The minimum atomic E-state index is -1.14. The van der Waals surface area contributed by atoms with Gasteiger partial charge in [0, 0.05) is 82.7 Å². The number of piperazine rings is 1. The highest BCUT2D eigenvalue weighted by molar-refractivity contribution is 8.01. The van der Waals surface area contributed by atoms with Gasteiger partial charge in [0.25, 0.3) is 0 Å². The first-order valence-electron chi connectivity index (χ1n) is 15.2. The highest BCUT2D eigenvalue weighted by atomic mass is 35.5. The van der Waals surface area contributed by atoms with Crippen LogP contribution in [0.25, 0.3) is 10.9 Å². The number of anilines is 1. The number of hydrogen-bond acceptors (Lipinski definition) is 6. The molecular formula is C35H32Cl2N6O2S. The molecule has 0 spiro atoms. The molecule has 0 radical (unpaired) electrons. The van der Waals surface area contributed by atoms with E-state index in [1.54, 1.807) is 18.6 Å². The Morgan fingerprint density at radius 1 is 0.978 bits per heavy atom. The lowest BCUT2D eigenvalue weighted by atomic mass is 9.90. The minimum Gasteiger partial charge on any atom is -0.361 e. The maximum Gasteiger partial charge on any atom is 0.242 e. The van der Waals surface area contributed by atoms with Gasteiger partial charge in [-0.1, -0.05) is 59.1 Å². The summed E-state index contributed by atoms with van der Waals surface area (Å²) in [6.45, 7) is 4.63. The van der Waals surface area contributed by atoms with Crippen molar-refractivity contribution in [2.45, 2.75) is 35.6 Å². The fourth-order valence-electron chi connectivity index (χ4n) is 6.56. The van der Waals surface area contributed by atoms with Gasteiger partial charge in [-0.25, -0.2) is 4.98 Å². The number of aromatic nitrogens is 3. The zero-order valence-corrected chi connectivity index (χ0v) is 27.5. The van der Waals surface area contributed by atoms with Crippen LogP contribution in [0.2, 0.25) is 10.0 Å². The predicted octanol–water partition coefficient (Wildman–Crippen LogP) is 6.93. The SMILES string of the molecule is Cc1ccc(SC2(C(=O)N3CCN(c4cnccn4)CC3)CC(=O)N(Cc3ccc(Cl)cc3)C2c2c[nH]c3cc(Cl)ccc23)cc1. The van der Waals surface area contributed by atoms with Crippen molar-refractivity contribution in [1.82, 2.24) is 24.8 Å². The predicted molar refractivity (Wildman–Crippen MR) is 183 cm³/mol. The Morgan fingerprint density at radius 3 is 2.43 bits per heavy atom. The summed E-state index contributed by atoms with van der Waals surface area (Å²) in [7, 11) is 0. The van der Waals surface area contributed by atoms with Crippen molar-refractivity contribution in [2.75, 3.05) is 31.1 Å². The molecule has 2 fully saturated rings. The third-order valence-electron chi connectivity index (χ3n) is 8.85. The van der Waals surface area contributed by atoms with Gasteiger partial charge in [0.1, 0.15) is 10.6 Å². The summed E-state index contributed by atoms with van der Waals surface area (Å²) < 4.78 is -1.14. The van der Waals surface area contributed by atoms with Gasteiger partial charge in [-0.3, -0.25) is 14.6 Å². The summed E-state index contributed by atoms with van der Waals surface area (Å²) in [6.07, 6.45) is 7.07. The summed E-state index contributed by atoms with van der Waals surface area (Å²) in [5.74, 6) is 0.672. The number of carbonyl (C=O) groups excluding carboxylic acids is 2. The highest BCUT2D eigenvalue weighted by Gasteiger charge is 2.59. The Bertz CT molecular complexity index is 1880. The van der Waals surface area contributed by atoms with Crippen LogP contribution in [0, 0.1) is 6.92 Å². The molecule has 5 aromatic rings. The molecule has 2 unspecified atom stereocenters. The average molecular weight is 672 g/mol.